The van der Waals surface area contributed by atoms with Crippen LogP contribution < -0.4 is 14.8 Å². The van der Waals surface area contributed by atoms with Crippen LogP contribution in [0, 0.1) is 0 Å². The molecule has 37 heavy (non-hydrogen) atoms. The molecule has 0 amide bonds. The number of allylic oxidation sites excluding steroid dienone is 1. The molecule has 0 aromatic heterocycles. The molecule has 1 N–H and O–H groups in total. The van der Waals surface area contributed by atoms with Crippen molar-refractivity contribution >= 4 is 11.9 Å². The Kier molecular flexibility index (Phi) is 7.40. The minimum atomic E-state index is -0.323. The van der Waals surface area contributed by atoms with Crippen molar-refractivity contribution in [3.05, 3.63) is 107 Å². The minimum absolute atomic E-state index is 0.227. The van der Waals surface area contributed by atoms with Crippen molar-refractivity contribution in [2.45, 2.75) is 38.9 Å². The standard InChI is InChI=1S/C30H31N3O4/c1-21-28(29(34)35-2)25(15-13-22-9-5-3-6-10-22)32-30(33(21)19-23-11-7-4-8-12-23)31-18-24-14-16-26-27(17-24)37-20-36-26/h3-12,14,16-17,25H,13,15,18-20H2,1-2H3,(H,31,32). The summed E-state index contributed by atoms with van der Waals surface area (Å²) < 4.78 is 16.2. The SMILES string of the molecule is COC(=O)C1=C(C)N(Cc2ccccc2)C(=NCc2ccc3c(c2)OCO3)NC1CCc1ccccc1. The van der Waals surface area contributed by atoms with E-state index >= 15 is 0 Å². The van der Waals surface area contributed by atoms with E-state index in [4.69, 9.17) is 19.2 Å². The zero-order valence-electron chi connectivity index (χ0n) is 21.1. The predicted octanol–water partition coefficient (Wildman–Crippen LogP) is 4.83. The number of fused-ring (bicyclic) bond motifs is 1. The van der Waals surface area contributed by atoms with E-state index in [1.165, 1.54) is 12.7 Å². The maximum Gasteiger partial charge on any atom is 0.337 e. The summed E-state index contributed by atoms with van der Waals surface area (Å²) in [6.45, 7) is 3.24. The Bertz CT molecular complexity index is 1300. The average Bonchev–Trinajstić information content (AvgIpc) is 3.41. The molecular weight excluding hydrogens is 466 g/mol. The fourth-order valence-electron chi connectivity index (χ4n) is 4.73. The van der Waals surface area contributed by atoms with Gasteiger partial charge in [0.25, 0.3) is 0 Å². The summed E-state index contributed by atoms with van der Waals surface area (Å²) in [5.41, 5.74) is 4.83. The molecule has 3 aromatic carbocycles. The summed E-state index contributed by atoms with van der Waals surface area (Å²) in [5.74, 6) is 1.89. The number of aryl methyl sites for hydroxylation is 1. The second-order valence-corrected chi connectivity index (χ2v) is 9.11. The zero-order chi connectivity index (χ0) is 25.6. The van der Waals surface area contributed by atoms with Gasteiger partial charge in [-0.2, -0.15) is 0 Å². The van der Waals surface area contributed by atoms with Gasteiger partial charge in [-0.15, -0.1) is 0 Å². The number of benzene rings is 3. The number of carbonyl (C=O) groups excluding carboxylic acids is 1. The third kappa shape index (κ3) is 5.61. The minimum Gasteiger partial charge on any atom is -0.466 e. The lowest BCUT2D eigenvalue weighted by atomic mass is 9.95. The fourth-order valence-corrected chi connectivity index (χ4v) is 4.73. The summed E-state index contributed by atoms with van der Waals surface area (Å²) in [6.07, 6.45) is 1.55. The molecular formula is C30H31N3O4. The van der Waals surface area contributed by atoms with Crippen LogP contribution in [-0.2, 0) is 29.0 Å². The summed E-state index contributed by atoms with van der Waals surface area (Å²) in [5, 5.41) is 3.57. The van der Waals surface area contributed by atoms with Crippen LogP contribution in [0.3, 0.4) is 0 Å². The number of methoxy groups -OCH3 is 1. The maximum absolute atomic E-state index is 13.0. The van der Waals surface area contributed by atoms with Crippen LogP contribution in [-0.4, -0.2) is 36.8 Å². The van der Waals surface area contributed by atoms with Crippen LogP contribution in [0.2, 0.25) is 0 Å². The van der Waals surface area contributed by atoms with E-state index in [9.17, 15) is 4.79 Å². The molecule has 0 bridgehead atoms. The second-order valence-electron chi connectivity index (χ2n) is 9.11. The average molecular weight is 498 g/mol. The molecule has 2 aliphatic heterocycles. The van der Waals surface area contributed by atoms with Crippen molar-refractivity contribution in [3.8, 4) is 11.5 Å². The van der Waals surface area contributed by atoms with Gasteiger partial charge in [0.15, 0.2) is 17.5 Å². The maximum atomic E-state index is 13.0. The Morgan fingerprint density at radius 1 is 0.973 bits per heavy atom. The molecule has 2 heterocycles. The van der Waals surface area contributed by atoms with E-state index in [-0.39, 0.29) is 18.8 Å². The van der Waals surface area contributed by atoms with Gasteiger partial charge in [0, 0.05) is 5.70 Å². The molecule has 5 rings (SSSR count). The van der Waals surface area contributed by atoms with Crippen LogP contribution >= 0.6 is 0 Å². The number of guanidine groups is 1. The van der Waals surface area contributed by atoms with E-state index in [2.05, 4.69) is 34.5 Å². The normalized spacial score (nSPS) is 17.6. The monoisotopic (exact) mass is 497 g/mol. The first-order valence-electron chi connectivity index (χ1n) is 12.5. The Hall–Kier alpha value is -4.26. The Morgan fingerprint density at radius 2 is 1.68 bits per heavy atom. The number of hydrogen-bond acceptors (Lipinski definition) is 5. The number of carbonyl (C=O) groups is 1. The van der Waals surface area contributed by atoms with Crippen molar-refractivity contribution in [2.24, 2.45) is 4.99 Å². The first kappa shape index (κ1) is 24.4. The molecule has 0 saturated carbocycles. The largest absolute Gasteiger partial charge is 0.466 e. The summed E-state index contributed by atoms with van der Waals surface area (Å²) in [6, 6.07) is 26.1. The number of nitrogens with zero attached hydrogens (tertiary/aromatic N) is 2. The lowest BCUT2D eigenvalue weighted by molar-refractivity contribution is -0.136. The molecule has 7 heteroatoms. The predicted molar refractivity (Wildman–Crippen MR) is 142 cm³/mol. The summed E-state index contributed by atoms with van der Waals surface area (Å²) in [7, 11) is 1.43. The van der Waals surface area contributed by atoms with Crippen molar-refractivity contribution in [3.63, 3.8) is 0 Å². The fraction of sp³-hybridized carbons (Fsp3) is 0.267. The zero-order valence-corrected chi connectivity index (χ0v) is 21.1. The lowest BCUT2D eigenvalue weighted by Crippen LogP contribution is -2.52. The second kappa shape index (κ2) is 11.2. The van der Waals surface area contributed by atoms with Gasteiger partial charge in [-0.3, -0.25) is 0 Å². The number of aliphatic imine (C=N–C) groups is 1. The number of esters is 1. The highest BCUT2D eigenvalue weighted by molar-refractivity contribution is 5.95. The van der Waals surface area contributed by atoms with Gasteiger partial charge >= 0.3 is 5.97 Å². The molecule has 1 atom stereocenters. The first-order valence-corrected chi connectivity index (χ1v) is 12.5. The Balaban J connectivity index is 1.47. The van der Waals surface area contributed by atoms with Crippen LogP contribution in [0.1, 0.15) is 30.0 Å². The summed E-state index contributed by atoms with van der Waals surface area (Å²) >= 11 is 0. The Morgan fingerprint density at radius 3 is 2.41 bits per heavy atom. The van der Waals surface area contributed by atoms with Gasteiger partial charge in [-0.1, -0.05) is 66.7 Å². The number of hydrogen-bond donors (Lipinski definition) is 1. The molecule has 7 nitrogen and oxygen atoms in total. The highest BCUT2D eigenvalue weighted by Gasteiger charge is 2.34. The molecule has 1 unspecified atom stereocenters. The topological polar surface area (TPSA) is 72.4 Å². The number of rotatable bonds is 8. The van der Waals surface area contributed by atoms with Crippen molar-refractivity contribution in [2.75, 3.05) is 13.9 Å². The van der Waals surface area contributed by atoms with E-state index in [0.29, 0.717) is 18.7 Å². The van der Waals surface area contributed by atoms with Gasteiger partial charge in [0.05, 0.1) is 31.8 Å². The third-order valence-corrected chi connectivity index (χ3v) is 6.70. The van der Waals surface area contributed by atoms with E-state index in [1.54, 1.807) is 0 Å². The van der Waals surface area contributed by atoms with E-state index < -0.39 is 0 Å². The molecule has 0 radical (unpaired) electrons. The van der Waals surface area contributed by atoms with Crippen molar-refractivity contribution in [1.29, 1.82) is 0 Å². The Labute approximate surface area is 217 Å². The third-order valence-electron chi connectivity index (χ3n) is 6.70. The van der Waals surface area contributed by atoms with Gasteiger partial charge < -0.3 is 24.4 Å². The molecule has 3 aromatic rings. The van der Waals surface area contributed by atoms with Gasteiger partial charge in [-0.25, -0.2) is 9.79 Å². The molecule has 0 fully saturated rings. The van der Waals surface area contributed by atoms with E-state index in [0.717, 1.165) is 47.1 Å². The van der Waals surface area contributed by atoms with E-state index in [1.807, 2.05) is 61.5 Å². The summed E-state index contributed by atoms with van der Waals surface area (Å²) in [4.78, 5) is 20.0. The van der Waals surface area contributed by atoms with Crippen LogP contribution in [0.15, 0.2) is 95.1 Å². The molecule has 2 aliphatic rings. The smallest absolute Gasteiger partial charge is 0.337 e. The van der Waals surface area contributed by atoms with Crippen LogP contribution in [0.4, 0.5) is 0 Å². The quantitative estimate of drug-likeness (QED) is 0.450. The molecule has 0 spiro atoms. The van der Waals surface area contributed by atoms with Crippen molar-refractivity contribution < 1.29 is 19.0 Å². The number of nitrogens with one attached hydrogen (secondary N) is 1. The van der Waals surface area contributed by atoms with Crippen molar-refractivity contribution in [1.82, 2.24) is 10.2 Å². The first-order chi connectivity index (χ1) is 18.1. The highest BCUT2D eigenvalue weighted by atomic mass is 16.7. The lowest BCUT2D eigenvalue weighted by Gasteiger charge is -2.38. The van der Waals surface area contributed by atoms with Gasteiger partial charge in [0.1, 0.15) is 0 Å². The van der Waals surface area contributed by atoms with Crippen LogP contribution in [0.5, 0.6) is 11.5 Å². The molecule has 190 valence electrons. The van der Waals surface area contributed by atoms with Crippen LogP contribution in [0.25, 0.3) is 0 Å². The molecule has 0 saturated heterocycles. The van der Waals surface area contributed by atoms with Gasteiger partial charge in [0.2, 0.25) is 6.79 Å². The number of ether oxygens (including phenoxy) is 3. The highest BCUT2D eigenvalue weighted by Crippen LogP contribution is 2.33. The van der Waals surface area contributed by atoms with Gasteiger partial charge in [-0.05, 0) is 48.6 Å². The molecule has 0 aliphatic carbocycles.